The average Bonchev–Trinajstić information content (AvgIpc) is 3.35. The highest BCUT2D eigenvalue weighted by atomic mass is 16.1. The van der Waals surface area contributed by atoms with E-state index in [0.29, 0.717) is 0 Å². The molecule has 0 spiro atoms. The molecule has 4 nitrogen and oxygen atoms in total. The first-order valence-corrected chi connectivity index (χ1v) is 17.6. The Balaban J connectivity index is 1.19. The van der Waals surface area contributed by atoms with Crippen LogP contribution in [0.15, 0.2) is 84.9 Å². The first-order valence-electron chi connectivity index (χ1n) is 17.6. The molecule has 4 aromatic carbocycles. The highest BCUT2D eigenvalue weighted by molar-refractivity contribution is 5.82. The van der Waals surface area contributed by atoms with Gasteiger partial charge in [0, 0.05) is 55.1 Å². The number of hydrogen-bond donors (Lipinski definition) is 0. The van der Waals surface area contributed by atoms with Crippen LogP contribution in [0.4, 0.5) is 11.4 Å². The van der Waals surface area contributed by atoms with Gasteiger partial charge in [-0.3, -0.25) is 9.59 Å². The summed E-state index contributed by atoms with van der Waals surface area (Å²) in [5, 5.41) is 0. The van der Waals surface area contributed by atoms with Gasteiger partial charge in [-0.2, -0.15) is 0 Å². The lowest BCUT2D eigenvalue weighted by Gasteiger charge is -2.33. The molecule has 0 saturated heterocycles. The molecule has 5 rings (SSSR count). The summed E-state index contributed by atoms with van der Waals surface area (Å²) >= 11 is 0. The number of carbonyl (C=O) groups excluding carboxylic acids is 2. The van der Waals surface area contributed by atoms with Gasteiger partial charge >= 0.3 is 0 Å². The van der Waals surface area contributed by atoms with Gasteiger partial charge in [0.1, 0.15) is 12.6 Å². The highest BCUT2D eigenvalue weighted by Crippen LogP contribution is 2.54. The smallest absolute Gasteiger partial charge is 0.150 e. The number of aldehydes is 2. The standard InChI is InChI=1S/C43H52N2O2/c1-33-13-23-39-40-24-14-34(2)30-42(40)43(41(39)29-33,25-9-5-7-11-27-44(3)37-19-15-35(31-46)16-20-37)26-10-6-8-12-28-45(4)38-21-17-36(32-47)18-22-38/h13-24,29-32H,5-12,25-28H2,1-4H3. The van der Waals surface area contributed by atoms with E-state index in [1.165, 1.54) is 97.8 Å². The van der Waals surface area contributed by atoms with Gasteiger partial charge in [-0.1, -0.05) is 86.1 Å². The molecule has 1 aliphatic carbocycles. The minimum absolute atomic E-state index is 0.0803. The van der Waals surface area contributed by atoms with Gasteiger partial charge in [0.15, 0.2) is 0 Å². The summed E-state index contributed by atoms with van der Waals surface area (Å²) in [4.78, 5) is 26.6. The maximum absolute atomic E-state index is 11.0. The molecule has 0 N–H and O–H groups in total. The zero-order valence-electron chi connectivity index (χ0n) is 28.9. The number of fused-ring (bicyclic) bond motifs is 3. The van der Waals surface area contributed by atoms with Crippen LogP contribution in [0.1, 0.15) is 107 Å². The molecule has 0 saturated carbocycles. The van der Waals surface area contributed by atoms with Crippen LogP contribution in [0.5, 0.6) is 0 Å². The average molecular weight is 629 g/mol. The maximum Gasteiger partial charge on any atom is 0.150 e. The van der Waals surface area contributed by atoms with Gasteiger partial charge in [-0.05, 0) is 110 Å². The molecule has 0 atom stereocenters. The first-order chi connectivity index (χ1) is 22.8. The summed E-state index contributed by atoms with van der Waals surface area (Å²) in [5.41, 5.74) is 12.5. The van der Waals surface area contributed by atoms with Gasteiger partial charge < -0.3 is 9.80 Å². The van der Waals surface area contributed by atoms with Crippen molar-refractivity contribution < 1.29 is 9.59 Å². The molecule has 1 aliphatic rings. The van der Waals surface area contributed by atoms with E-state index in [0.717, 1.165) is 36.8 Å². The number of benzene rings is 4. The van der Waals surface area contributed by atoms with E-state index < -0.39 is 0 Å². The van der Waals surface area contributed by atoms with Gasteiger partial charge in [0.2, 0.25) is 0 Å². The minimum atomic E-state index is 0.0803. The van der Waals surface area contributed by atoms with Crippen LogP contribution in [0.3, 0.4) is 0 Å². The van der Waals surface area contributed by atoms with Crippen molar-refractivity contribution in [3.63, 3.8) is 0 Å². The molecule has 246 valence electrons. The third-order valence-corrected chi connectivity index (χ3v) is 10.3. The maximum atomic E-state index is 11.0. The fraction of sp³-hybridized carbons (Fsp3) is 0.395. The van der Waals surface area contributed by atoms with Gasteiger partial charge in [-0.25, -0.2) is 0 Å². The first kappa shape index (κ1) is 34.2. The Morgan fingerprint density at radius 1 is 0.511 bits per heavy atom. The van der Waals surface area contributed by atoms with E-state index in [-0.39, 0.29) is 5.41 Å². The third-order valence-electron chi connectivity index (χ3n) is 10.3. The molecule has 4 heteroatoms. The number of aryl methyl sites for hydroxylation is 2. The fourth-order valence-corrected chi connectivity index (χ4v) is 7.52. The van der Waals surface area contributed by atoms with Gasteiger partial charge in [-0.15, -0.1) is 0 Å². The summed E-state index contributed by atoms with van der Waals surface area (Å²) in [5.74, 6) is 0. The summed E-state index contributed by atoms with van der Waals surface area (Å²) in [6.07, 6.45) is 13.9. The lowest BCUT2D eigenvalue weighted by molar-refractivity contribution is 0.111. The largest absolute Gasteiger partial charge is 0.375 e. The molecule has 0 amide bonds. The minimum Gasteiger partial charge on any atom is -0.375 e. The molecule has 0 heterocycles. The second-order valence-electron chi connectivity index (χ2n) is 13.8. The number of hydrogen-bond acceptors (Lipinski definition) is 4. The lowest BCUT2D eigenvalue weighted by Crippen LogP contribution is -2.26. The Morgan fingerprint density at radius 3 is 1.28 bits per heavy atom. The van der Waals surface area contributed by atoms with Crippen molar-refractivity contribution in [1.82, 2.24) is 0 Å². The number of anilines is 2. The monoisotopic (exact) mass is 628 g/mol. The Labute approximate surface area is 282 Å². The summed E-state index contributed by atoms with van der Waals surface area (Å²) < 4.78 is 0. The molecule has 0 bridgehead atoms. The van der Waals surface area contributed by atoms with Crippen molar-refractivity contribution in [1.29, 1.82) is 0 Å². The summed E-state index contributed by atoms with van der Waals surface area (Å²) in [6, 6.07) is 30.0. The van der Waals surface area contributed by atoms with Crippen molar-refractivity contribution in [3.8, 4) is 11.1 Å². The zero-order chi connectivity index (χ0) is 33.2. The van der Waals surface area contributed by atoms with Crippen molar-refractivity contribution in [3.05, 3.63) is 118 Å². The van der Waals surface area contributed by atoms with Crippen LogP contribution >= 0.6 is 0 Å². The molecular weight excluding hydrogens is 576 g/mol. The van der Waals surface area contributed by atoms with E-state index in [2.05, 4.69) is 74.1 Å². The molecule has 0 radical (unpaired) electrons. The van der Waals surface area contributed by atoms with E-state index >= 15 is 0 Å². The Hall–Kier alpha value is -4.18. The van der Waals surface area contributed by atoms with Gasteiger partial charge in [0.05, 0.1) is 0 Å². The Morgan fingerprint density at radius 2 is 0.894 bits per heavy atom. The van der Waals surface area contributed by atoms with Crippen LogP contribution < -0.4 is 9.80 Å². The molecule has 0 fully saturated rings. The normalized spacial score (nSPS) is 12.8. The molecule has 0 aromatic heterocycles. The number of unbranched alkanes of at least 4 members (excludes halogenated alkanes) is 6. The van der Waals surface area contributed by atoms with Crippen LogP contribution in [0, 0.1) is 13.8 Å². The van der Waals surface area contributed by atoms with Crippen LogP contribution in [-0.4, -0.2) is 39.8 Å². The quantitative estimate of drug-likeness (QED) is 0.0812. The predicted molar refractivity (Wildman–Crippen MR) is 199 cm³/mol. The molecule has 0 aliphatic heterocycles. The van der Waals surface area contributed by atoms with E-state index in [1.54, 1.807) is 11.1 Å². The molecular formula is C43H52N2O2. The predicted octanol–water partition coefficient (Wildman–Crippen LogP) is 10.4. The van der Waals surface area contributed by atoms with Crippen LogP contribution in [0.25, 0.3) is 11.1 Å². The summed E-state index contributed by atoms with van der Waals surface area (Å²) in [6.45, 7) is 6.53. The van der Waals surface area contributed by atoms with E-state index in [1.807, 2.05) is 48.5 Å². The van der Waals surface area contributed by atoms with Crippen LogP contribution in [0.2, 0.25) is 0 Å². The highest BCUT2D eigenvalue weighted by Gasteiger charge is 2.42. The SMILES string of the molecule is Cc1ccc2c(c1)C(CCCCCCN(C)c1ccc(C=O)cc1)(CCCCCCN(C)c1ccc(C=O)cc1)c1cc(C)ccc1-2. The number of carbonyl (C=O) groups is 2. The second kappa shape index (κ2) is 16.1. The fourth-order valence-electron chi connectivity index (χ4n) is 7.52. The lowest BCUT2D eigenvalue weighted by atomic mass is 9.70. The summed E-state index contributed by atoms with van der Waals surface area (Å²) in [7, 11) is 4.29. The van der Waals surface area contributed by atoms with Crippen molar-refractivity contribution >= 4 is 23.9 Å². The number of rotatable bonds is 18. The van der Waals surface area contributed by atoms with Crippen molar-refractivity contribution in [2.45, 2.75) is 83.5 Å². The van der Waals surface area contributed by atoms with E-state index in [9.17, 15) is 9.59 Å². The molecule has 47 heavy (non-hydrogen) atoms. The topological polar surface area (TPSA) is 40.6 Å². The third kappa shape index (κ3) is 8.22. The Kier molecular flexibility index (Phi) is 11.7. The van der Waals surface area contributed by atoms with Gasteiger partial charge in [0.25, 0.3) is 0 Å². The van der Waals surface area contributed by atoms with Crippen molar-refractivity contribution in [2.24, 2.45) is 0 Å². The number of nitrogens with zero attached hydrogens (tertiary/aromatic N) is 2. The molecule has 0 unspecified atom stereocenters. The molecule has 4 aromatic rings. The van der Waals surface area contributed by atoms with E-state index in [4.69, 9.17) is 0 Å². The Bertz CT molecular complexity index is 1500. The second-order valence-corrected chi connectivity index (χ2v) is 13.8. The van der Waals surface area contributed by atoms with Crippen molar-refractivity contribution in [2.75, 3.05) is 37.0 Å². The zero-order valence-corrected chi connectivity index (χ0v) is 28.9. The van der Waals surface area contributed by atoms with Crippen LogP contribution in [-0.2, 0) is 5.41 Å².